The van der Waals surface area contributed by atoms with Gasteiger partial charge in [0.2, 0.25) is 5.91 Å². The highest BCUT2D eigenvalue weighted by atomic mass is 16.3. The second kappa shape index (κ2) is 10.9. The maximum Gasteiger partial charge on any atom is 0.226 e. The number of hydrogen-bond donors (Lipinski definition) is 2. The first-order valence-electron chi connectivity index (χ1n) is 11.4. The van der Waals surface area contributed by atoms with Crippen molar-refractivity contribution in [2.45, 2.75) is 52.5 Å². The van der Waals surface area contributed by atoms with Gasteiger partial charge in [0.15, 0.2) is 0 Å². The van der Waals surface area contributed by atoms with Gasteiger partial charge in [-0.1, -0.05) is 76.2 Å². The monoisotopic (exact) mass is 430 g/mol. The molecule has 0 heterocycles. The molecule has 0 radical (unpaired) electrons. The van der Waals surface area contributed by atoms with Crippen molar-refractivity contribution in [3.05, 3.63) is 89.5 Å². The molecule has 168 valence electrons. The van der Waals surface area contributed by atoms with E-state index in [-0.39, 0.29) is 11.7 Å². The molecule has 0 aromatic heterocycles. The van der Waals surface area contributed by atoms with Crippen LogP contribution in [0.1, 0.15) is 62.6 Å². The Hall–Kier alpha value is -3.27. The van der Waals surface area contributed by atoms with E-state index in [0.717, 1.165) is 16.9 Å². The molecule has 3 aromatic rings. The molecule has 0 aliphatic heterocycles. The van der Waals surface area contributed by atoms with E-state index in [1.165, 1.54) is 11.1 Å². The van der Waals surface area contributed by atoms with Crippen LogP contribution in [0.15, 0.2) is 72.8 Å². The van der Waals surface area contributed by atoms with Crippen LogP contribution < -0.4 is 10.2 Å². The van der Waals surface area contributed by atoms with Gasteiger partial charge < -0.3 is 15.3 Å². The fourth-order valence-corrected chi connectivity index (χ4v) is 3.95. The summed E-state index contributed by atoms with van der Waals surface area (Å²) in [5.41, 5.74) is 5.35. The first-order chi connectivity index (χ1) is 15.3. The van der Waals surface area contributed by atoms with E-state index in [4.69, 9.17) is 0 Å². The van der Waals surface area contributed by atoms with E-state index < -0.39 is 0 Å². The second-order valence-electron chi connectivity index (χ2n) is 8.85. The van der Waals surface area contributed by atoms with Gasteiger partial charge in [0, 0.05) is 30.9 Å². The lowest BCUT2D eigenvalue weighted by Crippen LogP contribution is -2.28. The highest BCUT2D eigenvalue weighted by molar-refractivity contribution is 5.93. The smallest absolute Gasteiger partial charge is 0.226 e. The van der Waals surface area contributed by atoms with Crippen LogP contribution in [0.2, 0.25) is 0 Å². The zero-order valence-electron chi connectivity index (χ0n) is 19.5. The standard InChI is InChI=1S/C28H34N2O2/c1-20(2)25-14-9-15-26(21(3)4)28(25)29-27(32)16-17-30(23-11-6-5-7-12-23)19-22-10-8-13-24(31)18-22/h5-15,18,20-21,31H,16-17,19H2,1-4H3,(H,29,32). The molecule has 0 atom stereocenters. The minimum absolute atomic E-state index is 0.0110. The van der Waals surface area contributed by atoms with Gasteiger partial charge in [-0.3, -0.25) is 4.79 Å². The molecule has 0 fully saturated rings. The number of nitrogens with one attached hydrogen (secondary N) is 1. The number of anilines is 2. The lowest BCUT2D eigenvalue weighted by Gasteiger charge is -2.25. The fraction of sp³-hybridized carbons (Fsp3) is 0.321. The van der Waals surface area contributed by atoms with Crippen molar-refractivity contribution in [3.8, 4) is 5.75 Å². The van der Waals surface area contributed by atoms with Crippen molar-refractivity contribution in [1.82, 2.24) is 0 Å². The van der Waals surface area contributed by atoms with Gasteiger partial charge in [-0.2, -0.15) is 0 Å². The number of carbonyl (C=O) groups excluding carboxylic acids is 1. The molecule has 4 nitrogen and oxygen atoms in total. The van der Waals surface area contributed by atoms with Crippen LogP contribution in [0.5, 0.6) is 5.75 Å². The van der Waals surface area contributed by atoms with E-state index in [1.54, 1.807) is 12.1 Å². The van der Waals surface area contributed by atoms with Crippen molar-refractivity contribution in [3.63, 3.8) is 0 Å². The van der Waals surface area contributed by atoms with Gasteiger partial charge >= 0.3 is 0 Å². The molecule has 0 unspecified atom stereocenters. The molecule has 0 aliphatic carbocycles. The SMILES string of the molecule is CC(C)c1cccc(C(C)C)c1NC(=O)CCN(Cc1cccc(O)c1)c1ccccc1. The van der Waals surface area contributed by atoms with E-state index in [2.05, 4.69) is 56.1 Å². The second-order valence-corrected chi connectivity index (χ2v) is 8.85. The fourth-order valence-electron chi connectivity index (χ4n) is 3.95. The van der Waals surface area contributed by atoms with Gasteiger partial charge in [-0.05, 0) is 52.8 Å². The summed E-state index contributed by atoms with van der Waals surface area (Å²) in [6.45, 7) is 9.81. The molecule has 32 heavy (non-hydrogen) atoms. The Morgan fingerprint density at radius 3 is 2.09 bits per heavy atom. The number of para-hydroxylation sites is 2. The molecule has 1 amide bonds. The Bertz CT molecular complexity index is 1000. The summed E-state index contributed by atoms with van der Waals surface area (Å²) in [5.74, 6) is 0.919. The molecule has 0 saturated heterocycles. The van der Waals surface area contributed by atoms with Gasteiger partial charge in [0.1, 0.15) is 5.75 Å². The molecule has 4 heteroatoms. The summed E-state index contributed by atoms with van der Waals surface area (Å²) >= 11 is 0. The first kappa shape index (κ1) is 23.4. The van der Waals surface area contributed by atoms with Crippen LogP contribution in [0.25, 0.3) is 0 Å². The average molecular weight is 431 g/mol. The maximum absolute atomic E-state index is 13.0. The van der Waals surface area contributed by atoms with Crippen LogP contribution in [-0.2, 0) is 11.3 Å². The predicted molar refractivity (Wildman–Crippen MR) is 133 cm³/mol. The molecule has 3 aromatic carbocycles. The van der Waals surface area contributed by atoms with Gasteiger partial charge in [0.05, 0.1) is 0 Å². The van der Waals surface area contributed by atoms with Crippen molar-refractivity contribution in [1.29, 1.82) is 0 Å². The average Bonchev–Trinajstić information content (AvgIpc) is 2.77. The van der Waals surface area contributed by atoms with Crippen molar-refractivity contribution in [2.75, 3.05) is 16.8 Å². The summed E-state index contributed by atoms with van der Waals surface area (Å²) in [5, 5.41) is 13.1. The number of nitrogens with zero attached hydrogens (tertiary/aromatic N) is 1. The summed E-state index contributed by atoms with van der Waals surface area (Å²) < 4.78 is 0. The highest BCUT2D eigenvalue weighted by Crippen LogP contribution is 2.32. The summed E-state index contributed by atoms with van der Waals surface area (Å²) in [6, 6.07) is 23.6. The third kappa shape index (κ3) is 6.13. The Balaban J connectivity index is 1.76. The third-order valence-corrected chi connectivity index (χ3v) is 5.65. The Morgan fingerprint density at radius 1 is 0.875 bits per heavy atom. The number of phenols is 1. The number of phenolic OH excluding ortho intramolecular Hbond substituents is 1. The zero-order valence-corrected chi connectivity index (χ0v) is 19.5. The molecule has 0 spiro atoms. The van der Waals surface area contributed by atoms with Crippen molar-refractivity contribution < 1.29 is 9.90 Å². The van der Waals surface area contributed by atoms with Crippen LogP contribution in [-0.4, -0.2) is 17.6 Å². The topological polar surface area (TPSA) is 52.6 Å². The van der Waals surface area contributed by atoms with Crippen LogP contribution in [0, 0.1) is 0 Å². The van der Waals surface area contributed by atoms with E-state index in [9.17, 15) is 9.90 Å². The summed E-state index contributed by atoms with van der Waals surface area (Å²) in [6.07, 6.45) is 0.373. The van der Waals surface area contributed by atoms with Gasteiger partial charge in [-0.25, -0.2) is 0 Å². The number of rotatable bonds is 9. The van der Waals surface area contributed by atoms with Crippen LogP contribution in [0.4, 0.5) is 11.4 Å². The molecule has 3 rings (SSSR count). The highest BCUT2D eigenvalue weighted by Gasteiger charge is 2.17. The number of aromatic hydroxyl groups is 1. The third-order valence-electron chi connectivity index (χ3n) is 5.65. The summed E-state index contributed by atoms with van der Waals surface area (Å²) in [4.78, 5) is 15.2. The largest absolute Gasteiger partial charge is 0.508 e. The quantitative estimate of drug-likeness (QED) is 0.398. The predicted octanol–water partition coefficient (Wildman–Crippen LogP) is 6.67. The molecule has 2 N–H and O–H groups in total. The Kier molecular flexibility index (Phi) is 7.93. The van der Waals surface area contributed by atoms with Gasteiger partial charge in [-0.15, -0.1) is 0 Å². The minimum Gasteiger partial charge on any atom is -0.508 e. The Morgan fingerprint density at radius 2 is 1.50 bits per heavy atom. The Labute approximate surface area is 191 Å². The minimum atomic E-state index is 0.0110. The van der Waals surface area contributed by atoms with E-state index in [1.807, 2.05) is 42.5 Å². The van der Waals surface area contributed by atoms with Gasteiger partial charge in [0.25, 0.3) is 0 Å². The number of carbonyl (C=O) groups is 1. The van der Waals surface area contributed by atoms with Crippen LogP contribution in [0.3, 0.4) is 0 Å². The molecular formula is C28H34N2O2. The van der Waals surface area contributed by atoms with Crippen molar-refractivity contribution >= 4 is 17.3 Å². The maximum atomic E-state index is 13.0. The van der Waals surface area contributed by atoms with Crippen LogP contribution >= 0.6 is 0 Å². The molecule has 0 aliphatic rings. The first-order valence-corrected chi connectivity index (χ1v) is 11.4. The summed E-state index contributed by atoms with van der Waals surface area (Å²) in [7, 11) is 0. The van der Waals surface area contributed by atoms with E-state index in [0.29, 0.717) is 31.3 Å². The number of hydrogen-bond acceptors (Lipinski definition) is 3. The lowest BCUT2D eigenvalue weighted by molar-refractivity contribution is -0.116. The molecule has 0 bridgehead atoms. The number of amides is 1. The molecular weight excluding hydrogens is 396 g/mol. The lowest BCUT2D eigenvalue weighted by atomic mass is 9.92. The molecule has 0 saturated carbocycles. The van der Waals surface area contributed by atoms with E-state index >= 15 is 0 Å². The normalized spacial score (nSPS) is 11.1. The van der Waals surface area contributed by atoms with Crippen molar-refractivity contribution in [2.24, 2.45) is 0 Å². The number of benzene rings is 3. The zero-order chi connectivity index (χ0) is 23.1.